The van der Waals surface area contributed by atoms with E-state index in [1.165, 1.54) is 4.90 Å². The average molecular weight is 433 g/mol. The molecule has 2 heterocycles. The Balaban J connectivity index is 1.61. The molecular weight excluding hydrogens is 416 g/mol. The molecule has 0 aliphatic carbocycles. The summed E-state index contributed by atoms with van der Waals surface area (Å²) in [7, 11) is 1.58. The lowest BCUT2D eigenvalue weighted by Gasteiger charge is -2.12. The molecule has 3 aromatic rings. The van der Waals surface area contributed by atoms with Gasteiger partial charge in [-0.15, -0.1) is 0 Å². The van der Waals surface area contributed by atoms with E-state index in [1.807, 2.05) is 6.07 Å². The quantitative estimate of drug-likeness (QED) is 0.608. The highest BCUT2D eigenvalue weighted by Gasteiger charge is 2.21. The minimum atomic E-state index is -0.226. The van der Waals surface area contributed by atoms with Crippen molar-refractivity contribution in [3.63, 3.8) is 0 Å². The number of benzene rings is 2. The van der Waals surface area contributed by atoms with Crippen LogP contribution in [0, 0.1) is 6.57 Å². The Morgan fingerprint density at radius 3 is 2.81 bits per heavy atom. The maximum absolute atomic E-state index is 12.3. The van der Waals surface area contributed by atoms with E-state index in [4.69, 9.17) is 18.2 Å². The number of hydrogen-bond donors (Lipinski definition) is 2. The maximum Gasteiger partial charge on any atom is 0.291 e. The third-order valence-electron chi connectivity index (χ3n) is 4.74. The highest BCUT2D eigenvalue weighted by molar-refractivity contribution is 6.31. The summed E-state index contributed by atoms with van der Waals surface area (Å²) >= 11 is 6.08. The molecule has 4 rings (SSSR count). The first-order chi connectivity index (χ1) is 14.9. The molecule has 0 unspecified atom stereocenters. The van der Waals surface area contributed by atoms with Gasteiger partial charge in [0.2, 0.25) is 11.9 Å². The van der Waals surface area contributed by atoms with E-state index in [-0.39, 0.29) is 24.9 Å². The van der Waals surface area contributed by atoms with Gasteiger partial charge in [0.25, 0.3) is 12.6 Å². The van der Waals surface area contributed by atoms with Crippen LogP contribution in [0.3, 0.4) is 0 Å². The first-order valence-corrected chi connectivity index (χ1v) is 9.74. The van der Waals surface area contributed by atoms with Gasteiger partial charge in [0.1, 0.15) is 0 Å². The number of rotatable bonds is 4. The molecule has 2 amide bonds. The number of anilines is 3. The standard InChI is InChI=1S/C22H17ClN6O2/c1-24-12-29(2)21(31)13-3-6-16(7-4-13)26-22-25-11-14-9-19(30)27-18-10-15(23)5-8-17(18)20(14)28-22/h3-8,10-11H,9,12H2,2H3,(H,27,30)(H,25,26,28). The van der Waals surface area contributed by atoms with Gasteiger partial charge in [-0.05, 0) is 42.5 Å². The molecule has 1 aromatic heterocycles. The van der Waals surface area contributed by atoms with Crippen molar-refractivity contribution in [2.75, 3.05) is 24.3 Å². The third-order valence-corrected chi connectivity index (χ3v) is 4.98. The molecule has 0 saturated heterocycles. The van der Waals surface area contributed by atoms with Gasteiger partial charge in [0.05, 0.1) is 17.8 Å². The Bertz CT molecular complexity index is 1220. The van der Waals surface area contributed by atoms with Crippen LogP contribution in [0.2, 0.25) is 5.02 Å². The molecule has 2 aromatic carbocycles. The summed E-state index contributed by atoms with van der Waals surface area (Å²) in [6, 6.07) is 12.1. The minimum absolute atomic E-state index is 0.00580. The van der Waals surface area contributed by atoms with E-state index in [0.29, 0.717) is 39.2 Å². The van der Waals surface area contributed by atoms with Gasteiger partial charge in [-0.1, -0.05) is 11.6 Å². The molecule has 154 valence electrons. The summed E-state index contributed by atoms with van der Waals surface area (Å²) in [6.45, 7) is 6.88. The van der Waals surface area contributed by atoms with Crippen LogP contribution < -0.4 is 10.6 Å². The fraction of sp³-hybridized carbons (Fsp3) is 0.136. The summed E-state index contributed by atoms with van der Waals surface area (Å²) < 4.78 is 0. The minimum Gasteiger partial charge on any atom is -0.325 e. The van der Waals surface area contributed by atoms with Crippen LogP contribution in [-0.2, 0) is 11.2 Å². The van der Waals surface area contributed by atoms with Gasteiger partial charge in [-0.25, -0.2) is 16.5 Å². The van der Waals surface area contributed by atoms with Gasteiger partial charge in [-0.2, -0.15) is 0 Å². The van der Waals surface area contributed by atoms with E-state index in [1.54, 1.807) is 49.6 Å². The summed E-state index contributed by atoms with van der Waals surface area (Å²) in [6.07, 6.45) is 1.79. The van der Waals surface area contributed by atoms with E-state index < -0.39 is 0 Å². The van der Waals surface area contributed by atoms with Crippen molar-refractivity contribution in [2.24, 2.45) is 0 Å². The third kappa shape index (κ3) is 4.32. The maximum atomic E-state index is 12.3. The predicted octanol–water partition coefficient (Wildman–Crippen LogP) is 3.98. The zero-order valence-corrected chi connectivity index (χ0v) is 17.3. The molecule has 0 bridgehead atoms. The van der Waals surface area contributed by atoms with E-state index in [0.717, 1.165) is 5.56 Å². The molecule has 8 nitrogen and oxygen atoms in total. The van der Waals surface area contributed by atoms with Crippen LogP contribution in [0.25, 0.3) is 16.1 Å². The number of hydrogen-bond acceptors (Lipinski definition) is 5. The van der Waals surface area contributed by atoms with Crippen LogP contribution in [0.15, 0.2) is 48.7 Å². The molecule has 2 N–H and O–H groups in total. The molecule has 31 heavy (non-hydrogen) atoms. The predicted molar refractivity (Wildman–Crippen MR) is 118 cm³/mol. The van der Waals surface area contributed by atoms with E-state index in [9.17, 15) is 9.59 Å². The zero-order valence-electron chi connectivity index (χ0n) is 16.5. The number of carbonyl (C=O) groups is 2. The van der Waals surface area contributed by atoms with E-state index >= 15 is 0 Å². The molecule has 0 atom stereocenters. The second kappa shape index (κ2) is 8.42. The van der Waals surface area contributed by atoms with Gasteiger partial charge in [-0.3, -0.25) is 19.3 Å². The number of amides is 2. The lowest BCUT2D eigenvalue weighted by Crippen LogP contribution is -2.26. The smallest absolute Gasteiger partial charge is 0.291 e. The highest BCUT2D eigenvalue weighted by atomic mass is 35.5. The molecule has 9 heteroatoms. The van der Waals surface area contributed by atoms with Crippen LogP contribution in [0.1, 0.15) is 15.9 Å². The molecule has 1 aliphatic rings. The number of nitrogens with zero attached hydrogens (tertiary/aromatic N) is 4. The number of carbonyl (C=O) groups excluding carboxylic acids is 2. The van der Waals surface area contributed by atoms with Crippen LogP contribution in [0.4, 0.5) is 17.3 Å². The highest BCUT2D eigenvalue weighted by Crippen LogP contribution is 2.34. The topological polar surface area (TPSA) is 91.6 Å². The molecule has 0 fully saturated rings. The van der Waals surface area contributed by atoms with Crippen LogP contribution >= 0.6 is 11.6 Å². The lowest BCUT2D eigenvalue weighted by atomic mass is 10.1. The second-order valence-corrected chi connectivity index (χ2v) is 7.42. The van der Waals surface area contributed by atoms with Crippen molar-refractivity contribution < 1.29 is 9.59 Å². The number of fused-ring (bicyclic) bond motifs is 3. The van der Waals surface area contributed by atoms with Crippen molar-refractivity contribution >= 4 is 40.7 Å². The Morgan fingerprint density at radius 1 is 1.29 bits per heavy atom. The summed E-state index contributed by atoms with van der Waals surface area (Å²) in [5.74, 6) is -0.0236. The summed E-state index contributed by atoms with van der Waals surface area (Å²) in [4.78, 5) is 38.0. The van der Waals surface area contributed by atoms with Gasteiger partial charge >= 0.3 is 0 Å². The first kappa shape index (κ1) is 20.3. The number of halogens is 1. The lowest BCUT2D eigenvalue weighted by molar-refractivity contribution is -0.115. The van der Waals surface area contributed by atoms with Gasteiger partial charge < -0.3 is 10.6 Å². The van der Waals surface area contributed by atoms with Crippen molar-refractivity contribution in [3.8, 4) is 11.3 Å². The first-order valence-electron chi connectivity index (χ1n) is 9.36. The van der Waals surface area contributed by atoms with Crippen LogP contribution in [-0.4, -0.2) is 40.4 Å². The van der Waals surface area contributed by atoms with Crippen molar-refractivity contribution in [1.82, 2.24) is 14.9 Å². The van der Waals surface area contributed by atoms with Crippen LogP contribution in [0.5, 0.6) is 0 Å². The van der Waals surface area contributed by atoms with Crippen molar-refractivity contribution in [1.29, 1.82) is 0 Å². The zero-order chi connectivity index (χ0) is 22.0. The Hall–Kier alpha value is -3.96. The monoisotopic (exact) mass is 432 g/mol. The van der Waals surface area contributed by atoms with Gasteiger partial charge in [0.15, 0.2) is 0 Å². The molecule has 1 aliphatic heterocycles. The fourth-order valence-corrected chi connectivity index (χ4v) is 3.41. The Morgan fingerprint density at radius 2 is 2.06 bits per heavy atom. The normalized spacial score (nSPS) is 12.0. The molecule has 0 saturated carbocycles. The van der Waals surface area contributed by atoms with Crippen molar-refractivity contribution in [3.05, 3.63) is 76.2 Å². The Labute approximate surface area is 183 Å². The summed E-state index contributed by atoms with van der Waals surface area (Å²) in [5.41, 5.74) is 3.91. The summed E-state index contributed by atoms with van der Waals surface area (Å²) in [5, 5.41) is 6.49. The van der Waals surface area contributed by atoms with Crippen molar-refractivity contribution in [2.45, 2.75) is 6.42 Å². The molecule has 0 spiro atoms. The molecule has 0 radical (unpaired) electrons. The van der Waals surface area contributed by atoms with E-state index in [2.05, 4.69) is 25.4 Å². The van der Waals surface area contributed by atoms with Gasteiger partial charge in [0, 0.05) is 40.6 Å². The second-order valence-electron chi connectivity index (χ2n) is 6.99. The SMILES string of the molecule is [C-]#[N+]CN(C)C(=O)c1ccc(Nc2ncc3c(n2)-c2ccc(Cl)cc2NC(=O)C3)cc1. The largest absolute Gasteiger partial charge is 0.325 e. The number of nitrogens with one attached hydrogen (secondary N) is 2. The number of aromatic nitrogens is 2. The Kier molecular flexibility index (Phi) is 5.52. The fourth-order valence-electron chi connectivity index (χ4n) is 3.24. The molecular formula is C22H17ClN6O2. The average Bonchev–Trinajstić information content (AvgIpc) is 2.88.